The van der Waals surface area contributed by atoms with Crippen molar-refractivity contribution in [3.05, 3.63) is 17.8 Å². The minimum absolute atomic E-state index is 0.339. The molecule has 96 valence electrons. The summed E-state index contributed by atoms with van der Waals surface area (Å²) in [5.41, 5.74) is 8.86. The number of nitrogens with zero attached hydrogens (tertiary/aromatic N) is 4. The van der Waals surface area contributed by atoms with Crippen molar-refractivity contribution in [2.75, 3.05) is 23.7 Å². The Morgan fingerprint density at radius 2 is 1.83 bits per heavy atom. The number of pyridine rings is 1. The average molecular weight is 245 g/mol. The average Bonchev–Trinajstić information content (AvgIpc) is 2.59. The quantitative estimate of drug-likeness (QED) is 0.834. The molecule has 0 bridgehead atoms. The zero-order valence-electron chi connectivity index (χ0n) is 10.8. The van der Waals surface area contributed by atoms with Gasteiger partial charge in [0.05, 0.1) is 11.4 Å². The maximum atomic E-state index is 5.66. The Morgan fingerprint density at radius 3 is 2.56 bits per heavy atom. The summed E-state index contributed by atoms with van der Waals surface area (Å²) in [6.45, 7) is 4.36. The van der Waals surface area contributed by atoms with Crippen LogP contribution in [0.15, 0.2) is 12.1 Å². The van der Waals surface area contributed by atoms with Crippen LogP contribution in [0.25, 0.3) is 5.65 Å². The first-order valence-corrected chi connectivity index (χ1v) is 6.62. The second kappa shape index (κ2) is 4.48. The first-order chi connectivity index (χ1) is 8.75. The van der Waals surface area contributed by atoms with E-state index in [1.165, 1.54) is 31.4 Å². The first-order valence-electron chi connectivity index (χ1n) is 6.62. The van der Waals surface area contributed by atoms with E-state index in [4.69, 9.17) is 5.73 Å². The Bertz CT molecular complexity index is 552. The minimum Gasteiger partial charge on any atom is -0.370 e. The number of hydrogen-bond donors (Lipinski definition) is 1. The fourth-order valence-corrected chi connectivity index (χ4v) is 2.72. The summed E-state index contributed by atoms with van der Waals surface area (Å²) in [7, 11) is 0. The largest absolute Gasteiger partial charge is 0.370 e. The van der Waals surface area contributed by atoms with Crippen molar-refractivity contribution in [3.8, 4) is 0 Å². The van der Waals surface area contributed by atoms with Gasteiger partial charge in [-0.15, -0.1) is 5.10 Å². The van der Waals surface area contributed by atoms with Crippen molar-refractivity contribution in [2.45, 2.75) is 32.6 Å². The molecule has 1 aliphatic rings. The number of hydrogen-bond acceptors (Lipinski definition) is 4. The van der Waals surface area contributed by atoms with E-state index in [0.29, 0.717) is 5.95 Å². The maximum Gasteiger partial charge on any atom is 0.240 e. The lowest BCUT2D eigenvalue weighted by molar-refractivity contribution is 0.726. The highest BCUT2D eigenvalue weighted by Gasteiger charge is 2.14. The van der Waals surface area contributed by atoms with Crippen molar-refractivity contribution in [1.29, 1.82) is 0 Å². The third-order valence-electron chi connectivity index (χ3n) is 3.67. The van der Waals surface area contributed by atoms with Gasteiger partial charge in [-0.1, -0.05) is 12.8 Å². The first kappa shape index (κ1) is 11.3. The standard InChI is InChI=1S/C13H19N5/c1-10-11(17-8-4-2-3-5-9-17)6-7-12-15-13(14)16-18(10)12/h6-7H,2-5,8-9H2,1H3,(H2,14,16). The number of fused-ring (bicyclic) bond motifs is 1. The van der Waals surface area contributed by atoms with Crippen LogP contribution in [-0.4, -0.2) is 27.7 Å². The number of nitrogen functional groups attached to an aromatic ring is 1. The van der Waals surface area contributed by atoms with Gasteiger partial charge in [-0.05, 0) is 31.9 Å². The zero-order valence-corrected chi connectivity index (χ0v) is 10.8. The lowest BCUT2D eigenvalue weighted by Gasteiger charge is -2.24. The molecule has 0 spiro atoms. The molecular formula is C13H19N5. The van der Waals surface area contributed by atoms with E-state index in [1.807, 2.05) is 10.6 Å². The lowest BCUT2D eigenvalue weighted by Crippen LogP contribution is -2.25. The zero-order chi connectivity index (χ0) is 12.5. The molecule has 2 aromatic rings. The molecule has 1 fully saturated rings. The van der Waals surface area contributed by atoms with Gasteiger partial charge in [-0.3, -0.25) is 0 Å². The Kier molecular flexibility index (Phi) is 2.81. The van der Waals surface area contributed by atoms with Crippen molar-refractivity contribution < 1.29 is 0 Å². The smallest absolute Gasteiger partial charge is 0.240 e. The molecule has 2 aromatic heterocycles. The van der Waals surface area contributed by atoms with Gasteiger partial charge in [0.2, 0.25) is 5.95 Å². The van der Waals surface area contributed by atoms with Crippen LogP contribution in [0.4, 0.5) is 11.6 Å². The molecule has 0 amide bonds. The van der Waals surface area contributed by atoms with E-state index < -0.39 is 0 Å². The molecule has 0 radical (unpaired) electrons. The summed E-state index contributed by atoms with van der Waals surface area (Å²) in [6, 6.07) is 4.14. The Labute approximate surface area is 107 Å². The normalized spacial score (nSPS) is 17.1. The van der Waals surface area contributed by atoms with Gasteiger partial charge in [0.25, 0.3) is 0 Å². The Hall–Kier alpha value is -1.78. The van der Waals surface area contributed by atoms with Crippen molar-refractivity contribution in [1.82, 2.24) is 14.6 Å². The van der Waals surface area contributed by atoms with Crippen LogP contribution in [0.3, 0.4) is 0 Å². The summed E-state index contributed by atoms with van der Waals surface area (Å²) in [4.78, 5) is 6.65. The van der Waals surface area contributed by atoms with Gasteiger partial charge in [0.15, 0.2) is 5.65 Å². The van der Waals surface area contributed by atoms with Gasteiger partial charge in [-0.25, -0.2) is 4.52 Å². The number of aryl methyl sites for hydroxylation is 1. The van der Waals surface area contributed by atoms with E-state index in [1.54, 1.807) is 0 Å². The number of nitrogens with two attached hydrogens (primary N) is 1. The molecule has 1 aliphatic heterocycles. The summed E-state index contributed by atoms with van der Waals surface area (Å²) >= 11 is 0. The molecular weight excluding hydrogens is 226 g/mol. The number of rotatable bonds is 1. The van der Waals surface area contributed by atoms with Crippen molar-refractivity contribution in [2.24, 2.45) is 0 Å². The molecule has 18 heavy (non-hydrogen) atoms. The molecule has 0 aromatic carbocycles. The summed E-state index contributed by atoms with van der Waals surface area (Å²) < 4.78 is 1.84. The second-order valence-electron chi connectivity index (χ2n) is 4.95. The fraction of sp³-hybridized carbons (Fsp3) is 0.538. The highest BCUT2D eigenvalue weighted by atomic mass is 15.3. The molecule has 0 unspecified atom stereocenters. The van der Waals surface area contributed by atoms with Crippen LogP contribution in [0.5, 0.6) is 0 Å². The molecule has 0 saturated carbocycles. The molecule has 5 heteroatoms. The van der Waals surface area contributed by atoms with E-state index in [2.05, 4.69) is 28.0 Å². The van der Waals surface area contributed by atoms with Crippen molar-refractivity contribution in [3.63, 3.8) is 0 Å². The van der Waals surface area contributed by atoms with Gasteiger partial charge in [0, 0.05) is 13.1 Å². The number of aromatic nitrogens is 3. The lowest BCUT2D eigenvalue weighted by atomic mass is 10.2. The molecule has 3 rings (SSSR count). The van der Waals surface area contributed by atoms with Gasteiger partial charge < -0.3 is 10.6 Å². The molecule has 0 aliphatic carbocycles. The van der Waals surface area contributed by atoms with E-state index in [9.17, 15) is 0 Å². The van der Waals surface area contributed by atoms with Crippen LogP contribution in [0.1, 0.15) is 31.4 Å². The summed E-state index contributed by atoms with van der Waals surface area (Å²) in [5, 5.41) is 4.25. The highest BCUT2D eigenvalue weighted by molar-refractivity contribution is 5.57. The van der Waals surface area contributed by atoms with Gasteiger partial charge >= 0.3 is 0 Å². The van der Waals surface area contributed by atoms with Gasteiger partial charge in [0.1, 0.15) is 0 Å². The molecule has 5 nitrogen and oxygen atoms in total. The van der Waals surface area contributed by atoms with Crippen LogP contribution in [0.2, 0.25) is 0 Å². The van der Waals surface area contributed by atoms with Gasteiger partial charge in [-0.2, -0.15) is 4.98 Å². The number of anilines is 2. The molecule has 0 atom stereocenters. The minimum atomic E-state index is 0.339. The SMILES string of the molecule is Cc1c(N2CCCCCC2)ccc2nc(N)nn12. The summed E-state index contributed by atoms with van der Waals surface area (Å²) in [5.74, 6) is 0.339. The van der Waals surface area contributed by atoms with Crippen LogP contribution in [0, 0.1) is 6.92 Å². The Balaban J connectivity index is 2.02. The van der Waals surface area contributed by atoms with E-state index in [0.717, 1.165) is 24.4 Å². The molecule has 2 N–H and O–H groups in total. The van der Waals surface area contributed by atoms with Crippen molar-refractivity contribution >= 4 is 17.3 Å². The maximum absolute atomic E-state index is 5.66. The van der Waals surface area contributed by atoms with Crippen LogP contribution >= 0.6 is 0 Å². The Morgan fingerprint density at radius 1 is 1.11 bits per heavy atom. The highest BCUT2D eigenvalue weighted by Crippen LogP contribution is 2.24. The second-order valence-corrected chi connectivity index (χ2v) is 4.95. The van der Waals surface area contributed by atoms with E-state index >= 15 is 0 Å². The van der Waals surface area contributed by atoms with E-state index in [-0.39, 0.29) is 0 Å². The third-order valence-corrected chi connectivity index (χ3v) is 3.67. The predicted octanol–water partition coefficient (Wildman–Crippen LogP) is 2.00. The summed E-state index contributed by atoms with van der Waals surface area (Å²) in [6.07, 6.45) is 5.23. The monoisotopic (exact) mass is 245 g/mol. The van der Waals surface area contributed by atoms with Crippen LogP contribution < -0.4 is 10.6 Å². The molecule has 1 saturated heterocycles. The topological polar surface area (TPSA) is 59.5 Å². The predicted molar refractivity (Wildman–Crippen MR) is 72.8 cm³/mol. The fourth-order valence-electron chi connectivity index (χ4n) is 2.72. The van der Waals surface area contributed by atoms with Crippen LogP contribution in [-0.2, 0) is 0 Å². The third kappa shape index (κ3) is 1.89. The molecule has 3 heterocycles.